The molecule has 1 aromatic rings. The van der Waals surface area contributed by atoms with Gasteiger partial charge in [-0.15, -0.1) is 0 Å². The SMILES string of the molecule is CC(C)[C@H](N)C(=O)NCC(=O)NCc1ccc(N2CCN(C)CC2)nc1. The highest BCUT2D eigenvalue weighted by molar-refractivity contribution is 5.87. The smallest absolute Gasteiger partial charge is 0.239 e. The van der Waals surface area contributed by atoms with Gasteiger partial charge in [0.15, 0.2) is 0 Å². The Kier molecular flexibility index (Phi) is 7.35. The number of nitrogens with zero attached hydrogens (tertiary/aromatic N) is 3. The van der Waals surface area contributed by atoms with E-state index in [0.717, 1.165) is 37.6 Å². The lowest BCUT2D eigenvalue weighted by Gasteiger charge is -2.33. The first-order valence-electron chi connectivity index (χ1n) is 9.05. The van der Waals surface area contributed by atoms with Gasteiger partial charge in [-0.25, -0.2) is 4.98 Å². The van der Waals surface area contributed by atoms with Crippen molar-refractivity contribution in [3.63, 3.8) is 0 Å². The van der Waals surface area contributed by atoms with Crippen LogP contribution in [0.5, 0.6) is 0 Å². The van der Waals surface area contributed by atoms with Crippen molar-refractivity contribution in [3.8, 4) is 0 Å². The van der Waals surface area contributed by atoms with E-state index >= 15 is 0 Å². The van der Waals surface area contributed by atoms with Gasteiger partial charge < -0.3 is 26.2 Å². The minimum atomic E-state index is -0.603. The third-order valence-corrected chi connectivity index (χ3v) is 4.57. The Bertz CT molecular complexity index is 596. The highest BCUT2D eigenvalue weighted by Gasteiger charge is 2.18. The minimum absolute atomic E-state index is 0.0305. The number of piperazine rings is 1. The molecule has 1 aliphatic heterocycles. The zero-order chi connectivity index (χ0) is 19.1. The number of amides is 2. The Labute approximate surface area is 155 Å². The molecule has 1 aromatic heterocycles. The summed E-state index contributed by atoms with van der Waals surface area (Å²) in [5.41, 5.74) is 6.65. The van der Waals surface area contributed by atoms with E-state index < -0.39 is 6.04 Å². The van der Waals surface area contributed by atoms with E-state index in [4.69, 9.17) is 5.73 Å². The van der Waals surface area contributed by atoms with Gasteiger partial charge in [-0.3, -0.25) is 9.59 Å². The summed E-state index contributed by atoms with van der Waals surface area (Å²) in [5, 5.41) is 5.33. The number of hydrogen-bond donors (Lipinski definition) is 3. The molecule has 0 bridgehead atoms. The highest BCUT2D eigenvalue weighted by atomic mass is 16.2. The molecule has 0 saturated carbocycles. The van der Waals surface area contributed by atoms with Crippen molar-refractivity contribution in [3.05, 3.63) is 23.9 Å². The molecule has 144 valence electrons. The summed E-state index contributed by atoms with van der Waals surface area (Å²) in [4.78, 5) is 32.6. The van der Waals surface area contributed by atoms with Crippen LogP contribution in [0, 0.1) is 5.92 Å². The van der Waals surface area contributed by atoms with Crippen molar-refractivity contribution in [1.29, 1.82) is 0 Å². The van der Waals surface area contributed by atoms with E-state index in [0.29, 0.717) is 6.54 Å². The third kappa shape index (κ3) is 5.96. The summed E-state index contributed by atoms with van der Waals surface area (Å²) in [6.07, 6.45) is 1.78. The number of nitrogens with one attached hydrogen (secondary N) is 2. The number of rotatable bonds is 7. The molecule has 8 nitrogen and oxygen atoms in total. The molecule has 0 spiro atoms. The van der Waals surface area contributed by atoms with E-state index in [1.165, 1.54) is 0 Å². The van der Waals surface area contributed by atoms with Crippen molar-refractivity contribution < 1.29 is 9.59 Å². The Morgan fingerprint density at radius 1 is 1.19 bits per heavy atom. The number of aromatic nitrogens is 1. The molecule has 1 aliphatic rings. The summed E-state index contributed by atoms with van der Waals surface area (Å²) >= 11 is 0. The first kappa shape index (κ1) is 20.1. The van der Waals surface area contributed by atoms with Gasteiger partial charge in [0.1, 0.15) is 5.82 Å². The van der Waals surface area contributed by atoms with Crippen LogP contribution in [-0.2, 0) is 16.1 Å². The van der Waals surface area contributed by atoms with Gasteiger partial charge >= 0.3 is 0 Å². The fourth-order valence-electron chi connectivity index (χ4n) is 2.60. The van der Waals surface area contributed by atoms with Crippen molar-refractivity contribution in [2.24, 2.45) is 11.7 Å². The summed E-state index contributed by atoms with van der Waals surface area (Å²) in [5.74, 6) is 0.428. The van der Waals surface area contributed by atoms with Crippen molar-refractivity contribution in [1.82, 2.24) is 20.5 Å². The molecule has 0 unspecified atom stereocenters. The van der Waals surface area contributed by atoms with Gasteiger partial charge in [0.05, 0.1) is 12.6 Å². The quantitative estimate of drug-likeness (QED) is 0.607. The van der Waals surface area contributed by atoms with E-state index in [-0.39, 0.29) is 24.3 Å². The van der Waals surface area contributed by atoms with Crippen LogP contribution in [-0.4, -0.2) is 67.5 Å². The lowest BCUT2D eigenvalue weighted by Crippen LogP contribution is -2.47. The summed E-state index contributed by atoms with van der Waals surface area (Å²) in [7, 11) is 2.12. The van der Waals surface area contributed by atoms with Gasteiger partial charge in [-0.2, -0.15) is 0 Å². The van der Waals surface area contributed by atoms with Gasteiger partial charge in [-0.1, -0.05) is 19.9 Å². The largest absolute Gasteiger partial charge is 0.354 e. The normalized spacial score (nSPS) is 16.4. The number of carbonyl (C=O) groups excluding carboxylic acids is 2. The molecule has 1 saturated heterocycles. The zero-order valence-corrected chi connectivity index (χ0v) is 15.9. The molecule has 1 atom stereocenters. The minimum Gasteiger partial charge on any atom is -0.354 e. The van der Waals surface area contributed by atoms with Gasteiger partial charge in [0.25, 0.3) is 0 Å². The van der Waals surface area contributed by atoms with E-state index in [1.54, 1.807) is 6.20 Å². The van der Waals surface area contributed by atoms with Crippen LogP contribution in [0.3, 0.4) is 0 Å². The molecule has 0 aromatic carbocycles. The Morgan fingerprint density at radius 3 is 2.46 bits per heavy atom. The lowest BCUT2D eigenvalue weighted by molar-refractivity contribution is -0.127. The van der Waals surface area contributed by atoms with Crippen molar-refractivity contribution in [2.75, 3.05) is 44.7 Å². The first-order chi connectivity index (χ1) is 12.4. The number of pyridine rings is 1. The third-order valence-electron chi connectivity index (χ3n) is 4.57. The number of nitrogens with two attached hydrogens (primary N) is 1. The van der Waals surface area contributed by atoms with Crippen LogP contribution in [0.15, 0.2) is 18.3 Å². The van der Waals surface area contributed by atoms with Gasteiger partial charge in [0.2, 0.25) is 11.8 Å². The molecule has 2 amide bonds. The maximum absolute atomic E-state index is 11.9. The molecule has 2 rings (SSSR count). The molecule has 26 heavy (non-hydrogen) atoms. The molecule has 0 aliphatic carbocycles. The number of anilines is 1. The van der Waals surface area contributed by atoms with Gasteiger partial charge in [0, 0.05) is 38.9 Å². The fraction of sp³-hybridized carbons (Fsp3) is 0.611. The number of hydrogen-bond acceptors (Lipinski definition) is 6. The van der Waals surface area contributed by atoms with Crippen molar-refractivity contribution in [2.45, 2.75) is 26.4 Å². The summed E-state index contributed by atoms with van der Waals surface area (Å²) < 4.78 is 0. The van der Waals surface area contributed by atoms with Crippen LogP contribution in [0.25, 0.3) is 0 Å². The predicted octanol–water partition coefficient (Wildman–Crippen LogP) is -0.451. The maximum atomic E-state index is 11.9. The predicted molar refractivity (Wildman–Crippen MR) is 102 cm³/mol. The topological polar surface area (TPSA) is 104 Å². The van der Waals surface area contributed by atoms with E-state index in [1.807, 2.05) is 26.0 Å². The summed E-state index contributed by atoms with van der Waals surface area (Å²) in [6.45, 7) is 8.03. The Morgan fingerprint density at radius 2 is 1.88 bits per heavy atom. The average molecular weight is 362 g/mol. The van der Waals surface area contributed by atoms with Crippen LogP contribution in [0.2, 0.25) is 0 Å². The second-order valence-corrected chi connectivity index (χ2v) is 7.08. The maximum Gasteiger partial charge on any atom is 0.239 e. The fourth-order valence-corrected chi connectivity index (χ4v) is 2.60. The van der Waals surface area contributed by atoms with Crippen LogP contribution >= 0.6 is 0 Å². The lowest BCUT2D eigenvalue weighted by atomic mass is 10.1. The second-order valence-electron chi connectivity index (χ2n) is 7.08. The van der Waals surface area contributed by atoms with Crippen molar-refractivity contribution >= 4 is 17.6 Å². The van der Waals surface area contributed by atoms with Crippen LogP contribution in [0.4, 0.5) is 5.82 Å². The number of carbonyl (C=O) groups is 2. The average Bonchev–Trinajstić information content (AvgIpc) is 2.64. The standard InChI is InChI=1S/C18H30N6O2/c1-13(2)17(19)18(26)22-12-16(25)21-11-14-4-5-15(20-10-14)24-8-6-23(3)7-9-24/h4-5,10,13,17H,6-9,11-12,19H2,1-3H3,(H,21,25)(H,22,26)/t17-/m0/s1. The molecule has 0 radical (unpaired) electrons. The molecule has 8 heteroatoms. The van der Waals surface area contributed by atoms with E-state index in [9.17, 15) is 9.59 Å². The highest BCUT2D eigenvalue weighted by Crippen LogP contribution is 2.13. The molecule has 4 N–H and O–H groups in total. The molecule has 1 fully saturated rings. The second kappa shape index (κ2) is 9.49. The first-order valence-corrected chi connectivity index (χ1v) is 9.05. The van der Waals surface area contributed by atoms with Crippen LogP contribution in [0.1, 0.15) is 19.4 Å². The Balaban J connectivity index is 1.73. The van der Waals surface area contributed by atoms with Crippen LogP contribution < -0.4 is 21.3 Å². The molecular formula is C18H30N6O2. The van der Waals surface area contributed by atoms with Gasteiger partial charge in [-0.05, 0) is 24.6 Å². The van der Waals surface area contributed by atoms with E-state index in [2.05, 4.69) is 32.5 Å². The molecule has 2 heterocycles. The summed E-state index contributed by atoms with van der Waals surface area (Å²) in [6, 6.07) is 3.35. The number of likely N-dealkylation sites (N-methyl/N-ethyl adjacent to an activating group) is 1. The molecular weight excluding hydrogens is 332 g/mol. The monoisotopic (exact) mass is 362 g/mol. The zero-order valence-electron chi connectivity index (χ0n) is 15.9. The Hall–Kier alpha value is -2.19.